The largest absolute Gasteiger partial charge is 0.478 e. The van der Waals surface area contributed by atoms with E-state index >= 15 is 0 Å². The number of carboxylic acids is 2. The number of rotatable bonds is 8. The predicted octanol–water partition coefficient (Wildman–Crippen LogP) is 4.21. The van der Waals surface area contributed by atoms with Crippen LogP contribution in [0.1, 0.15) is 25.0 Å². The Labute approximate surface area is 153 Å². The van der Waals surface area contributed by atoms with E-state index in [1.807, 2.05) is 60.7 Å². The van der Waals surface area contributed by atoms with Crippen molar-refractivity contribution in [2.45, 2.75) is 26.7 Å². The van der Waals surface area contributed by atoms with Gasteiger partial charge < -0.3 is 10.2 Å². The summed E-state index contributed by atoms with van der Waals surface area (Å²) in [6.45, 7) is 3.54. The molecule has 2 atom stereocenters. The van der Waals surface area contributed by atoms with Gasteiger partial charge in [0.15, 0.2) is 0 Å². The summed E-state index contributed by atoms with van der Waals surface area (Å²) in [7, 11) is 0. The van der Waals surface area contributed by atoms with E-state index in [0.717, 1.165) is 11.1 Å². The van der Waals surface area contributed by atoms with Crippen LogP contribution in [0.4, 0.5) is 0 Å². The average Bonchev–Trinajstić information content (AvgIpc) is 2.60. The minimum Gasteiger partial charge on any atom is -0.478 e. The standard InChI is InChI=1S/C22H24O4/c1-15(13-17-9-5-3-6-10-17)19(21(23)24)20(22(25)26)16(2)14-18-11-7-4-8-12-18/h3-12,15-16H,13-14H2,1-2H3,(H,23,24)(H,25,26). The fourth-order valence-electron chi connectivity index (χ4n) is 3.32. The second kappa shape index (κ2) is 8.99. The Morgan fingerprint density at radius 2 is 1.00 bits per heavy atom. The van der Waals surface area contributed by atoms with Crippen molar-refractivity contribution in [1.82, 2.24) is 0 Å². The van der Waals surface area contributed by atoms with Crippen LogP contribution in [-0.4, -0.2) is 22.2 Å². The van der Waals surface area contributed by atoms with E-state index in [-0.39, 0.29) is 11.1 Å². The van der Waals surface area contributed by atoms with E-state index in [1.54, 1.807) is 13.8 Å². The van der Waals surface area contributed by atoms with Gasteiger partial charge in [-0.25, -0.2) is 9.59 Å². The molecule has 0 amide bonds. The third kappa shape index (κ3) is 5.06. The van der Waals surface area contributed by atoms with Gasteiger partial charge in [0.25, 0.3) is 0 Å². The fourth-order valence-corrected chi connectivity index (χ4v) is 3.32. The lowest BCUT2D eigenvalue weighted by Crippen LogP contribution is -2.23. The third-order valence-corrected chi connectivity index (χ3v) is 4.51. The molecule has 2 N–H and O–H groups in total. The zero-order valence-electron chi connectivity index (χ0n) is 15.1. The Morgan fingerprint density at radius 1 is 0.692 bits per heavy atom. The molecule has 0 heterocycles. The van der Waals surface area contributed by atoms with Gasteiger partial charge in [-0.2, -0.15) is 0 Å². The molecule has 0 bridgehead atoms. The van der Waals surface area contributed by atoms with Crippen molar-refractivity contribution in [1.29, 1.82) is 0 Å². The third-order valence-electron chi connectivity index (χ3n) is 4.51. The normalized spacial score (nSPS) is 14.2. The van der Waals surface area contributed by atoms with Gasteiger partial charge in [-0.1, -0.05) is 74.5 Å². The van der Waals surface area contributed by atoms with Crippen molar-refractivity contribution in [2.75, 3.05) is 0 Å². The molecule has 0 spiro atoms. The Bertz CT molecular complexity index is 711. The molecular formula is C22H24O4. The molecule has 4 heteroatoms. The summed E-state index contributed by atoms with van der Waals surface area (Å²) in [6.07, 6.45) is 0.967. The van der Waals surface area contributed by atoms with Crippen LogP contribution in [0.2, 0.25) is 0 Å². The van der Waals surface area contributed by atoms with Crippen LogP contribution in [0.15, 0.2) is 71.8 Å². The number of carboxylic acid groups (broad SMARTS) is 2. The van der Waals surface area contributed by atoms with Crippen molar-refractivity contribution in [3.8, 4) is 0 Å². The summed E-state index contributed by atoms with van der Waals surface area (Å²) >= 11 is 0. The van der Waals surface area contributed by atoms with Crippen molar-refractivity contribution in [3.05, 3.63) is 82.9 Å². The van der Waals surface area contributed by atoms with Gasteiger partial charge in [-0.3, -0.25) is 0 Å². The lowest BCUT2D eigenvalue weighted by Gasteiger charge is -2.20. The second-order valence-electron chi connectivity index (χ2n) is 6.62. The zero-order chi connectivity index (χ0) is 19.1. The highest BCUT2D eigenvalue weighted by Gasteiger charge is 2.29. The monoisotopic (exact) mass is 352 g/mol. The maximum Gasteiger partial charge on any atom is 0.332 e. The van der Waals surface area contributed by atoms with Crippen LogP contribution < -0.4 is 0 Å². The Hall–Kier alpha value is -2.88. The molecule has 0 aromatic heterocycles. The van der Waals surface area contributed by atoms with Gasteiger partial charge in [0.05, 0.1) is 11.1 Å². The van der Waals surface area contributed by atoms with Crippen LogP contribution in [0, 0.1) is 11.8 Å². The average molecular weight is 352 g/mol. The van der Waals surface area contributed by atoms with Gasteiger partial charge in [-0.15, -0.1) is 0 Å². The maximum absolute atomic E-state index is 11.9. The number of hydrogen-bond donors (Lipinski definition) is 2. The van der Waals surface area contributed by atoms with Crippen LogP contribution in [0.25, 0.3) is 0 Å². The molecular weight excluding hydrogens is 328 g/mol. The molecule has 0 aliphatic heterocycles. The first kappa shape index (κ1) is 19.4. The predicted molar refractivity (Wildman–Crippen MR) is 101 cm³/mol. The molecule has 26 heavy (non-hydrogen) atoms. The molecule has 4 nitrogen and oxygen atoms in total. The number of hydrogen-bond acceptors (Lipinski definition) is 2. The maximum atomic E-state index is 11.9. The lowest BCUT2D eigenvalue weighted by atomic mass is 9.83. The van der Waals surface area contributed by atoms with Crippen molar-refractivity contribution < 1.29 is 19.8 Å². The van der Waals surface area contributed by atoms with Crippen LogP contribution in [0.5, 0.6) is 0 Å². The first-order valence-corrected chi connectivity index (χ1v) is 8.68. The Morgan fingerprint density at radius 3 is 1.27 bits per heavy atom. The van der Waals surface area contributed by atoms with Gasteiger partial charge in [-0.05, 0) is 35.8 Å². The summed E-state index contributed by atoms with van der Waals surface area (Å²) in [5, 5.41) is 19.5. The zero-order valence-corrected chi connectivity index (χ0v) is 15.1. The van der Waals surface area contributed by atoms with Gasteiger partial charge in [0.1, 0.15) is 0 Å². The number of carbonyl (C=O) groups is 2. The van der Waals surface area contributed by atoms with E-state index in [0.29, 0.717) is 12.8 Å². The molecule has 0 saturated heterocycles. The van der Waals surface area contributed by atoms with Gasteiger partial charge >= 0.3 is 11.9 Å². The first-order valence-electron chi connectivity index (χ1n) is 8.68. The molecule has 2 aromatic rings. The molecule has 0 aliphatic carbocycles. The summed E-state index contributed by atoms with van der Waals surface area (Å²) in [4.78, 5) is 23.8. The topological polar surface area (TPSA) is 74.6 Å². The Balaban J connectivity index is 2.36. The summed E-state index contributed by atoms with van der Waals surface area (Å²) in [5.41, 5.74) is 1.95. The number of aliphatic carboxylic acids is 2. The quantitative estimate of drug-likeness (QED) is 0.698. The van der Waals surface area contributed by atoms with Crippen molar-refractivity contribution in [3.63, 3.8) is 0 Å². The van der Waals surface area contributed by atoms with Crippen molar-refractivity contribution in [2.24, 2.45) is 11.8 Å². The van der Waals surface area contributed by atoms with E-state index in [1.165, 1.54) is 0 Å². The van der Waals surface area contributed by atoms with Gasteiger partial charge in [0, 0.05) is 0 Å². The smallest absolute Gasteiger partial charge is 0.332 e. The van der Waals surface area contributed by atoms with E-state index in [4.69, 9.17) is 0 Å². The van der Waals surface area contributed by atoms with Crippen molar-refractivity contribution >= 4 is 11.9 Å². The molecule has 2 unspecified atom stereocenters. The first-order chi connectivity index (χ1) is 12.4. The SMILES string of the molecule is CC(Cc1ccccc1)C(C(=O)O)=C(C(=O)O)C(C)Cc1ccccc1. The Kier molecular flexibility index (Phi) is 6.73. The van der Waals surface area contributed by atoms with E-state index < -0.39 is 23.8 Å². The van der Waals surface area contributed by atoms with Crippen LogP contribution in [-0.2, 0) is 22.4 Å². The number of benzene rings is 2. The fraction of sp³-hybridized carbons (Fsp3) is 0.273. The van der Waals surface area contributed by atoms with E-state index in [9.17, 15) is 19.8 Å². The molecule has 0 saturated carbocycles. The van der Waals surface area contributed by atoms with Crippen LogP contribution >= 0.6 is 0 Å². The summed E-state index contributed by atoms with van der Waals surface area (Å²) in [5.74, 6) is -3.13. The van der Waals surface area contributed by atoms with Crippen LogP contribution in [0.3, 0.4) is 0 Å². The second-order valence-corrected chi connectivity index (χ2v) is 6.62. The lowest BCUT2D eigenvalue weighted by molar-refractivity contribution is -0.136. The van der Waals surface area contributed by atoms with Gasteiger partial charge in [0.2, 0.25) is 0 Å². The highest BCUT2D eigenvalue weighted by atomic mass is 16.4. The molecule has 0 aliphatic rings. The highest BCUT2D eigenvalue weighted by Crippen LogP contribution is 2.27. The summed E-state index contributed by atoms with van der Waals surface area (Å²) in [6, 6.07) is 19.0. The van der Waals surface area contributed by atoms with E-state index in [2.05, 4.69) is 0 Å². The molecule has 0 fully saturated rings. The molecule has 136 valence electrons. The molecule has 2 rings (SSSR count). The highest BCUT2D eigenvalue weighted by molar-refractivity contribution is 5.99. The summed E-state index contributed by atoms with van der Waals surface area (Å²) < 4.78 is 0. The molecule has 0 radical (unpaired) electrons. The molecule has 2 aromatic carbocycles. The minimum absolute atomic E-state index is 0.00946. The minimum atomic E-state index is -1.16.